The van der Waals surface area contributed by atoms with E-state index in [0.717, 1.165) is 12.1 Å². The van der Waals surface area contributed by atoms with E-state index in [2.05, 4.69) is 103 Å². The van der Waals surface area contributed by atoms with Crippen LogP contribution < -0.4 is 0 Å². The number of hydrogen-bond acceptors (Lipinski definition) is 3. The maximum atomic E-state index is 6.80. The second-order valence-electron chi connectivity index (χ2n) is 12.1. The maximum absolute atomic E-state index is 6.80. The molecule has 2 bridgehead atoms. The molecular weight excluding hydrogens is 453 g/mol. The van der Waals surface area contributed by atoms with Gasteiger partial charge in [0.25, 0.3) is 0 Å². The van der Waals surface area contributed by atoms with Crippen LogP contribution in [0.1, 0.15) is 71.1 Å². The van der Waals surface area contributed by atoms with Crippen LogP contribution in [0.3, 0.4) is 0 Å². The van der Waals surface area contributed by atoms with E-state index in [1.165, 1.54) is 27.6 Å². The number of nitrogens with zero attached hydrogens (tertiary/aromatic N) is 1. The van der Waals surface area contributed by atoms with Gasteiger partial charge >= 0.3 is 0 Å². The van der Waals surface area contributed by atoms with Gasteiger partial charge in [0.15, 0.2) is 5.90 Å². The maximum Gasteiger partial charge on any atom is 0.193 e. The quantitative estimate of drug-likeness (QED) is 0.406. The first-order valence-electron chi connectivity index (χ1n) is 12.6. The van der Waals surface area contributed by atoms with Crippen molar-refractivity contribution in [2.45, 2.75) is 71.5 Å². The van der Waals surface area contributed by atoms with Crippen LogP contribution in [0, 0.1) is 11.3 Å². The Hall–Kier alpha value is -1.70. The fourth-order valence-electron chi connectivity index (χ4n) is 6.40. The molecule has 3 aliphatic rings. The van der Waals surface area contributed by atoms with Gasteiger partial charge in [-0.25, -0.2) is 4.99 Å². The third kappa shape index (κ3) is 3.58. The van der Waals surface area contributed by atoms with E-state index in [4.69, 9.17) is 21.5 Å². The summed E-state index contributed by atoms with van der Waals surface area (Å²) >= 11 is 6.80. The summed E-state index contributed by atoms with van der Waals surface area (Å²) in [7, 11) is 0. The van der Waals surface area contributed by atoms with Crippen molar-refractivity contribution in [2.24, 2.45) is 16.3 Å². The summed E-state index contributed by atoms with van der Waals surface area (Å²) in [6, 6.07) is 18.5. The first-order valence-corrected chi connectivity index (χ1v) is 15.7. The van der Waals surface area contributed by atoms with Gasteiger partial charge in [-0.15, -0.1) is 0 Å². The number of hydrogen-bond donors (Lipinski definition) is 0. The molecule has 1 fully saturated rings. The highest BCUT2D eigenvalue weighted by Crippen LogP contribution is 2.83. The topological polar surface area (TPSA) is 21.6 Å². The molecule has 5 rings (SSSR count). The predicted molar refractivity (Wildman–Crippen MR) is 150 cm³/mol. The van der Waals surface area contributed by atoms with Gasteiger partial charge in [0.2, 0.25) is 0 Å². The highest BCUT2D eigenvalue weighted by molar-refractivity contribution is 8.20. The largest absolute Gasteiger partial charge is 0.478 e. The molecule has 4 heteroatoms. The molecule has 180 valence electrons. The molecule has 3 heterocycles. The van der Waals surface area contributed by atoms with Crippen molar-refractivity contribution in [3.8, 4) is 0 Å². The van der Waals surface area contributed by atoms with Crippen molar-refractivity contribution in [1.29, 1.82) is 0 Å². The van der Waals surface area contributed by atoms with Gasteiger partial charge in [-0.1, -0.05) is 114 Å². The molecule has 0 N–H and O–H groups in total. The third-order valence-electron chi connectivity index (χ3n) is 8.51. The van der Waals surface area contributed by atoms with Gasteiger partial charge in [-0.3, -0.25) is 0 Å². The normalized spacial score (nSPS) is 32.9. The SMILES string of the molecule is CC1=C(c2ccc(C(C)(C)C)cc2)[P@@]2(=S)C[C@@]1(C)[C@H](c1ccccc1)[C@@H]2C1=N[C@@H](C(C)C)CO1. The highest BCUT2D eigenvalue weighted by Gasteiger charge is 2.64. The number of rotatable bonds is 4. The average Bonchev–Trinajstić information content (AvgIpc) is 3.41. The smallest absolute Gasteiger partial charge is 0.193 e. The van der Waals surface area contributed by atoms with Crippen LogP contribution in [-0.4, -0.2) is 30.4 Å². The fourth-order valence-corrected chi connectivity index (χ4v) is 13.5. The molecule has 0 amide bonds. The van der Waals surface area contributed by atoms with Gasteiger partial charge in [0.1, 0.15) is 6.61 Å². The molecule has 0 radical (unpaired) electrons. The molecule has 2 nitrogen and oxygen atoms in total. The van der Waals surface area contributed by atoms with Gasteiger partial charge in [0, 0.05) is 11.3 Å². The van der Waals surface area contributed by atoms with Crippen molar-refractivity contribution in [3.63, 3.8) is 0 Å². The number of allylic oxidation sites excluding steroid dienone is 1. The van der Waals surface area contributed by atoms with E-state index < -0.39 is 6.04 Å². The molecule has 0 spiro atoms. The average molecular weight is 492 g/mol. The van der Waals surface area contributed by atoms with Crippen LogP contribution in [0.5, 0.6) is 0 Å². The minimum atomic E-state index is -1.97. The lowest BCUT2D eigenvalue weighted by Crippen LogP contribution is -2.35. The molecule has 0 unspecified atom stereocenters. The minimum absolute atomic E-state index is 0.0291. The van der Waals surface area contributed by atoms with Gasteiger partial charge in [0.05, 0.1) is 11.7 Å². The molecule has 0 aromatic heterocycles. The zero-order chi connectivity index (χ0) is 24.5. The van der Waals surface area contributed by atoms with Crippen LogP contribution in [0.15, 0.2) is 65.2 Å². The standard InChI is InChI=1S/C30H38NOPS/c1-19(2)24-17-32-28(31-24)27-25(21-11-9-8-10-12-21)30(7)18-33(27,34)26(20(30)3)22-13-15-23(16-14-22)29(4,5)6/h8-16,19,24-25,27H,17-18H2,1-7H3/t24-,25-,27-,30-,33+/m1/s1. The van der Waals surface area contributed by atoms with E-state index in [1.54, 1.807) is 0 Å². The lowest BCUT2D eigenvalue weighted by Gasteiger charge is -2.40. The Bertz CT molecular complexity index is 1200. The first-order chi connectivity index (χ1) is 16.0. The zero-order valence-electron chi connectivity index (χ0n) is 21.6. The summed E-state index contributed by atoms with van der Waals surface area (Å²) in [6.45, 7) is 16.8. The Morgan fingerprint density at radius 2 is 1.71 bits per heavy atom. The summed E-state index contributed by atoms with van der Waals surface area (Å²) < 4.78 is 6.40. The van der Waals surface area contributed by atoms with Crippen molar-refractivity contribution in [3.05, 3.63) is 76.9 Å². The first kappa shape index (κ1) is 24.0. The second kappa shape index (κ2) is 8.17. The number of aliphatic imine (C=N–C) groups is 1. The molecule has 2 aromatic rings. The predicted octanol–water partition coefficient (Wildman–Crippen LogP) is 7.83. The van der Waals surface area contributed by atoms with Crippen molar-refractivity contribution in [2.75, 3.05) is 12.8 Å². The number of benzene rings is 2. The van der Waals surface area contributed by atoms with Gasteiger partial charge in [-0.05, 0) is 52.5 Å². The summed E-state index contributed by atoms with van der Waals surface area (Å²) in [5, 5.41) is 1.45. The van der Waals surface area contributed by atoms with E-state index in [1.807, 2.05) is 0 Å². The lowest BCUT2D eigenvalue weighted by atomic mass is 9.68. The van der Waals surface area contributed by atoms with Crippen LogP contribution in [-0.2, 0) is 22.0 Å². The molecule has 34 heavy (non-hydrogen) atoms. The fraction of sp³-hybridized carbons (Fsp3) is 0.500. The van der Waals surface area contributed by atoms with Crippen LogP contribution >= 0.6 is 6.04 Å². The Labute approximate surface area is 210 Å². The summed E-state index contributed by atoms with van der Waals surface area (Å²) in [6.07, 6.45) is 1.07. The molecular formula is C30H38NOPS. The summed E-state index contributed by atoms with van der Waals surface area (Å²) in [5.41, 5.74) is 5.89. The molecule has 2 aromatic carbocycles. The van der Waals surface area contributed by atoms with E-state index in [9.17, 15) is 0 Å². The van der Waals surface area contributed by atoms with Crippen LogP contribution in [0.4, 0.5) is 0 Å². The van der Waals surface area contributed by atoms with E-state index in [0.29, 0.717) is 18.4 Å². The summed E-state index contributed by atoms with van der Waals surface area (Å²) in [5.74, 6) is 1.74. The molecule has 5 atom stereocenters. The second-order valence-corrected chi connectivity index (χ2v) is 17.0. The van der Waals surface area contributed by atoms with Crippen molar-refractivity contribution < 1.29 is 4.74 Å². The van der Waals surface area contributed by atoms with Crippen LogP contribution in [0.25, 0.3) is 5.31 Å². The van der Waals surface area contributed by atoms with Crippen molar-refractivity contribution >= 4 is 29.1 Å². The van der Waals surface area contributed by atoms with E-state index in [-0.39, 0.29) is 22.5 Å². The monoisotopic (exact) mass is 491 g/mol. The molecule has 0 aliphatic carbocycles. The molecule has 3 aliphatic heterocycles. The van der Waals surface area contributed by atoms with Crippen LogP contribution in [0.2, 0.25) is 0 Å². The minimum Gasteiger partial charge on any atom is -0.478 e. The van der Waals surface area contributed by atoms with Gasteiger partial charge < -0.3 is 4.74 Å². The zero-order valence-corrected chi connectivity index (χ0v) is 23.3. The Morgan fingerprint density at radius 3 is 2.26 bits per heavy atom. The number of fused-ring (bicyclic) bond motifs is 2. The highest BCUT2D eigenvalue weighted by atomic mass is 32.4. The molecule has 1 saturated heterocycles. The lowest BCUT2D eigenvalue weighted by molar-refractivity contribution is 0.279. The Morgan fingerprint density at radius 1 is 1.06 bits per heavy atom. The third-order valence-corrected chi connectivity index (χ3v) is 14.0. The Kier molecular flexibility index (Phi) is 5.77. The Balaban J connectivity index is 1.67. The molecule has 0 saturated carbocycles. The summed E-state index contributed by atoms with van der Waals surface area (Å²) in [4.78, 5) is 5.17. The van der Waals surface area contributed by atoms with Gasteiger partial charge in [-0.2, -0.15) is 0 Å². The van der Waals surface area contributed by atoms with E-state index >= 15 is 0 Å². The number of ether oxygens (including phenoxy) is 1. The van der Waals surface area contributed by atoms with Crippen molar-refractivity contribution in [1.82, 2.24) is 0 Å².